The molecular formula is C22H33N5. The molecular weight excluding hydrogens is 334 g/mol. The van der Waals surface area contributed by atoms with E-state index >= 15 is 0 Å². The lowest BCUT2D eigenvalue weighted by atomic mass is 9.89. The van der Waals surface area contributed by atoms with Crippen LogP contribution in [0.15, 0.2) is 30.3 Å². The van der Waals surface area contributed by atoms with Gasteiger partial charge in [-0.3, -0.25) is 0 Å². The monoisotopic (exact) mass is 367 g/mol. The predicted octanol–water partition coefficient (Wildman–Crippen LogP) is 4.49. The Morgan fingerprint density at radius 2 is 1.74 bits per heavy atom. The van der Waals surface area contributed by atoms with E-state index in [-0.39, 0.29) is 0 Å². The zero-order valence-electron chi connectivity index (χ0n) is 16.5. The molecule has 0 bridgehead atoms. The van der Waals surface area contributed by atoms with Crippen LogP contribution < -0.4 is 4.90 Å². The highest BCUT2D eigenvalue weighted by atomic mass is 15.6. The van der Waals surface area contributed by atoms with E-state index < -0.39 is 0 Å². The highest BCUT2D eigenvalue weighted by Gasteiger charge is 2.25. The average molecular weight is 368 g/mol. The molecule has 1 aliphatic heterocycles. The van der Waals surface area contributed by atoms with E-state index in [0.717, 1.165) is 37.4 Å². The number of tetrazole rings is 1. The Kier molecular flexibility index (Phi) is 6.38. The molecule has 27 heavy (non-hydrogen) atoms. The quantitative estimate of drug-likeness (QED) is 0.723. The van der Waals surface area contributed by atoms with Crippen molar-refractivity contribution in [1.29, 1.82) is 0 Å². The fourth-order valence-electron chi connectivity index (χ4n) is 4.88. The number of hydrogen-bond donors (Lipinski definition) is 0. The largest absolute Gasteiger partial charge is 0.339 e. The summed E-state index contributed by atoms with van der Waals surface area (Å²) in [5.41, 5.74) is 1.46. The molecule has 4 rings (SSSR count). The lowest BCUT2D eigenvalue weighted by Crippen LogP contribution is -2.37. The van der Waals surface area contributed by atoms with Crippen molar-refractivity contribution in [2.75, 3.05) is 18.0 Å². The van der Waals surface area contributed by atoms with Gasteiger partial charge in [0.05, 0.1) is 0 Å². The maximum Gasteiger partial charge on any atom is 0.245 e. The third-order valence-electron chi connectivity index (χ3n) is 6.39. The van der Waals surface area contributed by atoms with Gasteiger partial charge in [-0.25, -0.2) is 4.68 Å². The number of benzene rings is 1. The molecule has 1 aliphatic carbocycles. The molecule has 5 heteroatoms. The molecule has 0 radical (unpaired) electrons. The third kappa shape index (κ3) is 5.08. The predicted molar refractivity (Wildman–Crippen MR) is 109 cm³/mol. The molecule has 0 amide bonds. The van der Waals surface area contributed by atoms with E-state index in [2.05, 4.69) is 55.4 Å². The summed E-state index contributed by atoms with van der Waals surface area (Å²) < 4.78 is 2.09. The second-order valence-corrected chi connectivity index (χ2v) is 8.50. The molecule has 2 aromatic rings. The first kappa shape index (κ1) is 18.5. The van der Waals surface area contributed by atoms with Gasteiger partial charge in [0.1, 0.15) is 0 Å². The summed E-state index contributed by atoms with van der Waals surface area (Å²) in [4.78, 5) is 2.44. The zero-order valence-corrected chi connectivity index (χ0v) is 16.5. The fraction of sp³-hybridized carbons (Fsp3) is 0.682. The van der Waals surface area contributed by atoms with Gasteiger partial charge in [0.2, 0.25) is 5.95 Å². The first-order chi connectivity index (χ1) is 13.4. The lowest BCUT2D eigenvalue weighted by molar-refractivity contribution is 0.303. The van der Waals surface area contributed by atoms with Gasteiger partial charge in [-0.2, -0.15) is 0 Å². The number of piperidine rings is 1. The van der Waals surface area contributed by atoms with Gasteiger partial charge in [0, 0.05) is 19.6 Å². The lowest BCUT2D eigenvalue weighted by Gasteiger charge is -2.33. The van der Waals surface area contributed by atoms with Gasteiger partial charge in [-0.1, -0.05) is 54.7 Å². The van der Waals surface area contributed by atoms with Gasteiger partial charge in [-0.05, 0) is 72.8 Å². The summed E-state index contributed by atoms with van der Waals surface area (Å²) in [5.74, 6) is 2.53. The number of aryl methyl sites for hydroxylation is 1. The van der Waals surface area contributed by atoms with E-state index in [4.69, 9.17) is 0 Å². The van der Waals surface area contributed by atoms with Crippen LogP contribution in [0.2, 0.25) is 0 Å². The van der Waals surface area contributed by atoms with E-state index in [0.29, 0.717) is 0 Å². The van der Waals surface area contributed by atoms with Gasteiger partial charge in [0.25, 0.3) is 0 Å². The Labute approximate surface area is 163 Å². The van der Waals surface area contributed by atoms with Crippen LogP contribution in [0.5, 0.6) is 0 Å². The number of hydrogen-bond acceptors (Lipinski definition) is 4. The van der Waals surface area contributed by atoms with Crippen LogP contribution in [0.3, 0.4) is 0 Å². The van der Waals surface area contributed by atoms with Crippen LogP contribution in [0.1, 0.15) is 63.4 Å². The molecule has 1 atom stereocenters. The SMILES string of the molecule is c1ccc(CCCC2CCCN(c3nnnn3CC3CCCCC3)C2)cc1. The summed E-state index contributed by atoms with van der Waals surface area (Å²) in [5, 5.41) is 12.7. The molecule has 1 saturated heterocycles. The molecule has 1 unspecified atom stereocenters. The smallest absolute Gasteiger partial charge is 0.245 e. The minimum Gasteiger partial charge on any atom is -0.339 e. The maximum atomic E-state index is 4.40. The third-order valence-corrected chi connectivity index (χ3v) is 6.39. The molecule has 2 fully saturated rings. The molecule has 0 N–H and O–H groups in total. The summed E-state index contributed by atoms with van der Waals surface area (Å²) in [6.07, 6.45) is 13.2. The molecule has 1 aromatic heterocycles. The Morgan fingerprint density at radius 1 is 0.926 bits per heavy atom. The van der Waals surface area contributed by atoms with Gasteiger partial charge >= 0.3 is 0 Å². The summed E-state index contributed by atoms with van der Waals surface area (Å²) in [6.45, 7) is 3.21. The summed E-state index contributed by atoms with van der Waals surface area (Å²) in [6, 6.07) is 10.9. The van der Waals surface area contributed by atoms with Crippen LogP contribution in [0, 0.1) is 11.8 Å². The van der Waals surface area contributed by atoms with E-state index in [1.54, 1.807) is 0 Å². The van der Waals surface area contributed by atoms with E-state index in [1.165, 1.54) is 69.8 Å². The standard InChI is InChI=1S/C22H33N5/c1-3-9-19(10-4-1)13-7-14-20-15-8-16-26(17-20)22-23-24-25-27(22)18-21-11-5-2-6-12-21/h1,3-4,9-10,20-21H,2,5-8,11-18H2. The normalized spacial score (nSPS) is 21.5. The van der Waals surface area contributed by atoms with Crippen LogP contribution in [0.4, 0.5) is 5.95 Å². The van der Waals surface area contributed by atoms with Crippen LogP contribution in [-0.4, -0.2) is 33.3 Å². The second-order valence-electron chi connectivity index (χ2n) is 8.50. The Balaban J connectivity index is 1.30. The van der Waals surface area contributed by atoms with Crippen molar-refractivity contribution in [1.82, 2.24) is 20.2 Å². The van der Waals surface area contributed by atoms with E-state index in [9.17, 15) is 0 Å². The maximum absolute atomic E-state index is 4.40. The van der Waals surface area contributed by atoms with Crippen LogP contribution in [-0.2, 0) is 13.0 Å². The first-order valence-corrected chi connectivity index (χ1v) is 10.9. The number of rotatable bonds is 7. The number of aromatic nitrogens is 4. The molecule has 5 nitrogen and oxygen atoms in total. The molecule has 1 saturated carbocycles. The summed E-state index contributed by atoms with van der Waals surface area (Å²) in [7, 11) is 0. The summed E-state index contributed by atoms with van der Waals surface area (Å²) >= 11 is 0. The van der Waals surface area contributed by atoms with Crippen molar-refractivity contribution >= 4 is 5.95 Å². The van der Waals surface area contributed by atoms with Gasteiger partial charge < -0.3 is 4.90 Å². The van der Waals surface area contributed by atoms with Gasteiger partial charge in [0.15, 0.2) is 0 Å². The van der Waals surface area contributed by atoms with Crippen molar-refractivity contribution in [2.24, 2.45) is 11.8 Å². The van der Waals surface area contributed by atoms with Crippen molar-refractivity contribution in [3.05, 3.63) is 35.9 Å². The van der Waals surface area contributed by atoms with E-state index in [1.807, 2.05) is 0 Å². The topological polar surface area (TPSA) is 46.8 Å². The van der Waals surface area contributed by atoms with Crippen molar-refractivity contribution in [3.63, 3.8) is 0 Å². The molecule has 2 aliphatic rings. The Bertz CT molecular complexity index is 677. The zero-order chi connectivity index (χ0) is 18.3. The van der Waals surface area contributed by atoms with Crippen molar-refractivity contribution in [3.8, 4) is 0 Å². The molecule has 2 heterocycles. The van der Waals surface area contributed by atoms with Crippen molar-refractivity contribution in [2.45, 2.75) is 70.8 Å². The minimum absolute atomic E-state index is 0.757. The minimum atomic E-state index is 0.757. The second kappa shape index (κ2) is 9.34. The number of anilines is 1. The molecule has 0 spiro atoms. The van der Waals surface area contributed by atoms with Crippen LogP contribution in [0.25, 0.3) is 0 Å². The highest BCUT2D eigenvalue weighted by Crippen LogP contribution is 2.28. The highest BCUT2D eigenvalue weighted by molar-refractivity contribution is 5.29. The Hall–Kier alpha value is -1.91. The first-order valence-electron chi connectivity index (χ1n) is 10.9. The van der Waals surface area contributed by atoms with Crippen LogP contribution >= 0.6 is 0 Å². The molecule has 1 aromatic carbocycles. The number of nitrogens with zero attached hydrogens (tertiary/aromatic N) is 5. The van der Waals surface area contributed by atoms with Crippen molar-refractivity contribution < 1.29 is 0 Å². The van der Waals surface area contributed by atoms with Gasteiger partial charge in [-0.15, -0.1) is 0 Å². The fourth-order valence-corrected chi connectivity index (χ4v) is 4.88. The molecule has 146 valence electrons. The Morgan fingerprint density at radius 3 is 2.59 bits per heavy atom. The average Bonchev–Trinajstić information content (AvgIpc) is 3.18.